The third kappa shape index (κ3) is 4.76. The van der Waals surface area contributed by atoms with E-state index in [1.165, 1.54) is 11.6 Å². The van der Waals surface area contributed by atoms with Gasteiger partial charge in [0.05, 0.1) is 0 Å². The smallest absolute Gasteiger partial charge is 0.244 e. The van der Waals surface area contributed by atoms with E-state index in [0.29, 0.717) is 11.6 Å². The largest absolute Gasteiger partial charge is 0.352 e. The number of carbonyl (C=O) groups is 1. The Labute approximate surface area is 130 Å². The molecule has 1 N–H and O–H groups in total. The first-order valence-electron chi connectivity index (χ1n) is 6.92. The summed E-state index contributed by atoms with van der Waals surface area (Å²) in [6, 6.07) is 17.6. The van der Waals surface area contributed by atoms with Gasteiger partial charge in [0.15, 0.2) is 0 Å². The van der Waals surface area contributed by atoms with Crippen LogP contribution in [-0.2, 0) is 4.79 Å². The zero-order valence-electron chi connectivity index (χ0n) is 11.9. The zero-order valence-corrected chi connectivity index (χ0v) is 12.7. The van der Waals surface area contributed by atoms with Crippen molar-refractivity contribution in [3.8, 4) is 0 Å². The lowest BCUT2D eigenvalue weighted by Crippen LogP contribution is -2.25. The molecule has 1 amide bonds. The van der Waals surface area contributed by atoms with Crippen LogP contribution in [-0.4, -0.2) is 12.5 Å². The van der Waals surface area contributed by atoms with E-state index >= 15 is 0 Å². The summed E-state index contributed by atoms with van der Waals surface area (Å²) in [4.78, 5) is 11.8. The molecule has 2 aromatic rings. The highest BCUT2D eigenvalue weighted by Crippen LogP contribution is 2.16. The summed E-state index contributed by atoms with van der Waals surface area (Å²) >= 11 is 6.03. The summed E-state index contributed by atoms with van der Waals surface area (Å²) in [6.45, 7) is 2.70. The normalized spacial score (nSPS) is 12.3. The first kappa shape index (κ1) is 15.3. The Morgan fingerprint density at radius 1 is 1.14 bits per heavy atom. The van der Waals surface area contributed by atoms with Crippen molar-refractivity contribution in [3.63, 3.8) is 0 Å². The van der Waals surface area contributed by atoms with Gasteiger partial charge in [0.1, 0.15) is 0 Å². The Morgan fingerprint density at radius 3 is 2.52 bits per heavy atom. The maximum atomic E-state index is 11.8. The molecule has 2 nitrogen and oxygen atoms in total. The molecule has 0 bridgehead atoms. The average molecular weight is 300 g/mol. The van der Waals surface area contributed by atoms with Crippen molar-refractivity contribution in [2.75, 3.05) is 6.54 Å². The lowest BCUT2D eigenvalue weighted by Gasteiger charge is -2.11. The molecular weight excluding hydrogens is 282 g/mol. The predicted octanol–water partition coefficient (Wildman–Crippen LogP) is 4.27. The molecule has 0 aliphatic heterocycles. The second-order valence-corrected chi connectivity index (χ2v) is 5.32. The van der Waals surface area contributed by atoms with Gasteiger partial charge >= 0.3 is 0 Å². The summed E-state index contributed by atoms with van der Waals surface area (Å²) in [5.74, 6) is 0.168. The van der Waals surface area contributed by atoms with Gasteiger partial charge in [0.25, 0.3) is 0 Å². The van der Waals surface area contributed by atoms with E-state index in [0.717, 1.165) is 5.56 Å². The Balaban J connectivity index is 1.87. The first-order chi connectivity index (χ1) is 10.2. The Hall–Kier alpha value is -2.06. The van der Waals surface area contributed by atoms with Crippen LogP contribution in [0.2, 0.25) is 5.02 Å². The minimum absolute atomic E-state index is 0.113. The molecule has 0 fully saturated rings. The molecule has 0 heterocycles. The van der Waals surface area contributed by atoms with Gasteiger partial charge in [0.2, 0.25) is 5.91 Å². The Morgan fingerprint density at radius 2 is 1.81 bits per heavy atom. The minimum Gasteiger partial charge on any atom is -0.352 e. The van der Waals surface area contributed by atoms with Crippen molar-refractivity contribution in [2.24, 2.45) is 0 Å². The number of rotatable bonds is 5. The number of halogens is 1. The fourth-order valence-electron chi connectivity index (χ4n) is 1.99. The van der Waals surface area contributed by atoms with E-state index in [9.17, 15) is 4.79 Å². The predicted molar refractivity (Wildman–Crippen MR) is 88.4 cm³/mol. The van der Waals surface area contributed by atoms with E-state index in [1.54, 1.807) is 12.1 Å². The van der Waals surface area contributed by atoms with Gasteiger partial charge in [-0.25, -0.2) is 0 Å². The summed E-state index contributed by atoms with van der Waals surface area (Å²) in [7, 11) is 0. The first-order valence-corrected chi connectivity index (χ1v) is 7.30. The van der Waals surface area contributed by atoms with Crippen LogP contribution in [0, 0.1) is 0 Å². The fourth-order valence-corrected chi connectivity index (χ4v) is 2.19. The number of hydrogen-bond donors (Lipinski definition) is 1. The summed E-state index contributed by atoms with van der Waals surface area (Å²) in [6.07, 6.45) is 3.24. The lowest BCUT2D eigenvalue weighted by molar-refractivity contribution is -0.116. The monoisotopic (exact) mass is 299 g/mol. The quantitative estimate of drug-likeness (QED) is 0.821. The second kappa shape index (κ2) is 7.65. The molecule has 0 aromatic heterocycles. The Bertz CT molecular complexity index is 622. The van der Waals surface area contributed by atoms with Crippen molar-refractivity contribution in [3.05, 3.63) is 76.8 Å². The average Bonchev–Trinajstić information content (AvgIpc) is 2.52. The third-order valence-corrected chi connectivity index (χ3v) is 3.61. The van der Waals surface area contributed by atoms with Crippen molar-refractivity contribution >= 4 is 23.6 Å². The number of carbonyl (C=O) groups excluding carboxylic acids is 1. The molecule has 108 valence electrons. The topological polar surface area (TPSA) is 29.1 Å². The number of hydrogen-bond acceptors (Lipinski definition) is 1. The van der Waals surface area contributed by atoms with Gasteiger partial charge in [-0.3, -0.25) is 4.79 Å². The van der Waals surface area contributed by atoms with Gasteiger partial charge < -0.3 is 5.32 Å². The number of amides is 1. The molecule has 2 rings (SSSR count). The highest BCUT2D eigenvalue weighted by molar-refractivity contribution is 6.32. The molecule has 0 aliphatic rings. The molecule has 3 heteroatoms. The summed E-state index contributed by atoms with van der Waals surface area (Å²) < 4.78 is 0. The van der Waals surface area contributed by atoms with Crippen LogP contribution in [0.5, 0.6) is 0 Å². The summed E-state index contributed by atoms with van der Waals surface area (Å²) in [5, 5.41) is 3.54. The van der Waals surface area contributed by atoms with Crippen molar-refractivity contribution in [1.29, 1.82) is 0 Å². The molecule has 21 heavy (non-hydrogen) atoms. The number of nitrogens with one attached hydrogen (secondary N) is 1. The van der Waals surface area contributed by atoms with E-state index in [2.05, 4.69) is 24.4 Å². The molecule has 1 atom stereocenters. The van der Waals surface area contributed by atoms with Crippen LogP contribution < -0.4 is 5.32 Å². The second-order valence-electron chi connectivity index (χ2n) is 4.91. The van der Waals surface area contributed by atoms with Crippen LogP contribution in [0.4, 0.5) is 0 Å². The third-order valence-electron chi connectivity index (χ3n) is 3.27. The van der Waals surface area contributed by atoms with Crippen LogP contribution in [0.1, 0.15) is 24.0 Å². The molecule has 0 unspecified atom stereocenters. The van der Waals surface area contributed by atoms with E-state index in [-0.39, 0.29) is 11.8 Å². The fraction of sp³-hybridized carbons (Fsp3) is 0.167. The molecular formula is C18H18ClNO. The van der Waals surface area contributed by atoms with Gasteiger partial charge in [-0.1, -0.05) is 67.1 Å². The van der Waals surface area contributed by atoms with E-state index < -0.39 is 0 Å². The van der Waals surface area contributed by atoms with Crippen LogP contribution >= 0.6 is 11.6 Å². The molecule has 0 spiro atoms. The van der Waals surface area contributed by atoms with Crippen LogP contribution in [0.25, 0.3) is 6.08 Å². The van der Waals surface area contributed by atoms with Crippen molar-refractivity contribution in [2.45, 2.75) is 12.8 Å². The standard InChI is InChI=1S/C18H18ClNO/c1-14(15-7-3-2-4-8-15)13-20-18(21)12-11-16-9-5-6-10-17(16)19/h2-12,14H,13H2,1H3,(H,20,21)/b12-11+/t14-/m1/s1. The van der Waals surface area contributed by atoms with Gasteiger partial charge in [-0.05, 0) is 29.2 Å². The van der Waals surface area contributed by atoms with Gasteiger partial charge in [0, 0.05) is 17.6 Å². The summed E-state index contributed by atoms with van der Waals surface area (Å²) in [5.41, 5.74) is 2.05. The minimum atomic E-state index is -0.113. The SMILES string of the molecule is C[C@H](CNC(=O)/C=C/c1ccccc1Cl)c1ccccc1. The Kier molecular flexibility index (Phi) is 5.59. The lowest BCUT2D eigenvalue weighted by atomic mass is 10.0. The maximum absolute atomic E-state index is 11.8. The molecule has 0 saturated heterocycles. The van der Waals surface area contributed by atoms with Crippen molar-refractivity contribution in [1.82, 2.24) is 5.32 Å². The zero-order chi connectivity index (χ0) is 15.1. The number of benzene rings is 2. The maximum Gasteiger partial charge on any atom is 0.244 e. The van der Waals surface area contributed by atoms with Crippen LogP contribution in [0.15, 0.2) is 60.7 Å². The van der Waals surface area contributed by atoms with Gasteiger partial charge in [-0.15, -0.1) is 0 Å². The molecule has 0 aliphatic carbocycles. The van der Waals surface area contributed by atoms with E-state index in [4.69, 9.17) is 11.6 Å². The molecule has 0 saturated carbocycles. The molecule has 2 aromatic carbocycles. The van der Waals surface area contributed by atoms with Crippen molar-refractivity contribution < 1.29 is 4.79 Å². The van der Waals surface area contributed by atoms with E-state index in [1.807, 2.05) is 36.4 Å². The molecule has 0 radical (unpaired) electrons. The highest BCUT2D eigenvalue weighted by atomic mass is 35.5. The van der Waals surface area contributed by atoms with Crippen LogP contribution in [0.3, 0.4) is 0 Å². The van der Waals surface area contributed by atoms with Gasteiger partial charge in [-0.2, -0.15) is 0 Å². The highest BCUT2D eigenvalue weighted by Gasteiger charge is 2.05.